The Kier molecular flexibility index (Phi) is 3.99. The highest BCUT2D eigenvalue weighted by Crippen LogP contribution is 2.14. The number of nitrogens with zero attached hydrogens (tertiary/aromatic N) is 3. The smallest absolute Gasteiger partial charge is 0.162 e. The minimum Gasteiger partial charge on any atom is -0.484 e. The second-order valence-electron chi connectivity index (χ2n) is 4.26. The molecule has 98 valence electrons. The number of ether oxygens (including phenoxy) is 2. The Labute approximate surface area is 105 Å². The van der Waals surface area contributed by atoms with E-state index in [0.29, 0.717) is 25.0 Å². The first-order chi connectivity index (χ1) is 8.69. The van der Waals surface area contributed by atoms with Crippen molar-refractivity contribution in [2.45, 2.75) is 33.1 Å². The molecule has 0 saturated heterocycles. The maximum atomic E-state index is 5.57. The molecule has 0 atom stereocenters. The van der Waals surface area contributed by atoms with Gasteiger partial charge in [-0.15, -0.1) is 0 Å². The normalized spacial score (nSPS) is 11.1. The quantitative estimate of drug-likeness (QED) is 0.787. The molecule has 2 rings (SSSR count). The lowest BCUT2D eigenvalue weighted by atomic mass is 10.4. The molecule has 2 aromatic heterocycles. The average Bonchev–Trinajstić information content (AvgIpc) is 2.95. The summed E-state index contributed by atoms with van der Waals surface area (Å²) in [5.41, 5.74) is 0.736. The molecule has 0 spiro atoms. The molecule has 0 unspecified atom stereocenters. The molecule has 0 fully saturated rings. The van der Waals surface area contributed by atoms with Gasteiger partial charge in [0.2, 0.25) is 0 Å². The maximum Gasteiger partial charge on any atom is 0.162 e. The fourth-order valence-corrected chi connectivity index (χ4v) is 1.47. The number of aromatic nitrogens is 3. The molecule has 0 aromatic carbocycles. The van der Waals surface area contributed by atoms with Gasteiger partial charge < -0.3 is 14.0 Å². The lowest BCUT2D eigenvalue weighted by molar-refractivity contribution is 0.155. The Morgan fingerprint density at radius 1 is 1.39 bits per heavy atom. The van der Waals surface area contributed by atoms with Crippen LogP contribution in [-0.2, 0) is 18.0 Å². The van der Waals surface area contributed by atoms with Crippen molar-refractivity contribution in [1.82, 2.24) is 14.9 Å². The molecule has 0 aliphatic heterocycles. The fourth-order valence-electron chi connectivity index (χ4n) is 1.47. The van der Waals surface area contributed by atoms with Crippen LogP contribution in [0.3, 0.4) is 0 Å². The van der Waals surface area contributed by atoms with Crippen molar-refractivity contribution < 1.29 is 14.0 Å². The zero-order chi connectivity index (χ0) is 13.0. The van der Waals surface area contributed by atoms with Gasteiger partial charge >= 0.3 is 0 Å². The van der Waals surface area contributed by atoms with Gasteiger partial charge in [-0.2, -0.15) is 5.10 Å². The summed E-state index contributed by atoms with van der Waals surface area (Å²) in [4.78, 5) is 0. The van der Waals surface area contributed by atoms with Crippen LogP contribution in [0.5, 0.6) is 5.75 Å². The monoisotopic (exact) mass is 251 g/mol. The predicted octanol–water partition coefficient (Wildman–Crippen LogP) is 2.18. The average molecular weight is 251 g/mol. The van der Waals surface area contributed by atoms with Crippen molar-refractivity contribution in [3.8, 4) is 5.75 Å². The molecule has 0 aliphatic rings. The van der Waals surface area contributed by atoms with Gasteiger partial charge in [0, 0.05) is 19.2 Å². The van der Waals surface area contributed by atoms with E-state index in [1.54, 1.807) is 13.3 Å². The molecule has 0 saturated carbocycles. The highest BCUT2D eigenvalue weighted by Gasteiger charge is 2.06. The van der Waals surface area contributed by atoms with Gasteiger partial charge in [0.05, 0.1) is 12.4 Å². The zero-order valence-corrected chi connectivity index (χ0v) is 10.8. The summed E-state index contributed by atoms with van der Waals surface area (Å²) in [5.74, 6) is 1.41. The molecule has 6 nitrogen and oxygen atoms in total. The minimum atomic E-state index is 0.322. The van der Waals surface area contributed by atoms with Crippen molar-refractivity contribution in [2.75, 3.05) is 7.11 Å². The summed E-state index contributed by atoms with van der Waals surface area (Å²) in [6, 6.07) is 2.14. The topological polar surface area (TPSA) is 62.3 Å². The number of rotatable bonds is 6. The lowest BCUT2D eigenvalue weighted by Gasteiger charge is -2.03. The Balaban J connectivity index is 1.89. The predicted molar refractivity (Wildman–Crippen MR) is 64.2 cm³/mol. The molecule has 0 radical (unpaired) electrons. The van der Waals surface area contributed by atoms with Crippen molar-refractivity contribution >= 4 is 0 Å². The molecule has 2 heterocycles. The van der Waals surface area contributed by atoms with E-state index in [-0.39, 0.29) is 0 Å². The molecular formula is C12H17N3O3. The SMILES string of the molecule is COCc1cc(COc2cnn(C(C)C)c2)no1. The molecule has 0 aliphatic carbocycles. The van der Waals surface area contributed by atoms with Crippen LogP contribution in [0.4, 0.5) is 0 Å². The Bertz CT molecular complexity index is 490. The van der Waals surface area contributed by atoms with Crippen LogP contribution in [0.15, 0.2) is 23.0 Å². The second kappa shape index (κ2) is 5.68. The van der Waals surface area contributed by atoms with Crippen molar-refractivity contribution in [3.63, 3.8) is 0 Å². The molecular weight excluding hydrogens is 234 g/mol. The first kappa shape index (κ1) is 12.6. The van der Waals surface area contributed by atoms with Crippen LogP contribution < -0.4 is 4.74 Å². The van der Waals surface area contributed by atoms with E-state index in [9.17, 15) is 0 Å². The lowest BCUT2D eigenvalue weighted by Crippen LogP contribution is -2.00. The zero-order valence-electron chi connectivity index (χ0n) is 10.8. The van der Waals surface area contributed by atoms with Gasteiger partial charge in [-0.1, -0.05) is 5.16 Å². The summed E-state index contributed by atoms with van der Waals surface area (Å²) in [6.45, 7) is 4.89. The molecule has 0 bridgehead atoms. The maximum absolute atomic E-state index is 5.57. The highest BCUT2D eigenvalue weighted by molar-refractivity contribution is 5.13. The van der Waals surface area contributed by atoms with E-state index in [2.05, 4.69) is 24.1 Å². The van der Waals surface area contributed by atoms with Gasteiger partial charge in [0.25, 0.3) is 0 Å². The van der Waals surface area contributed by atoms with E-state index in [0.717, 1.165) is 11.4 Å². The van der Waals surface area contributed by atoms with Crippen LogP contribution >= 0.6 is 0 Å². The first-order valence-corrected chi connectivity index (χ1v) is 5.79. The molecule has 6 heteroatoms. The van der Waals surface area contributed by atoms with E-state index in [4.69, 9.17) is 14.0 Å². The van der Waals surface area contributed by atoms with Crippen molar-refractivity contribution in [2.24, 2.45) is 0 Å². The van der Waals surface area contributed by atoms with E-state index in [1.165, 1.54) is 0 Å². The van der Waals surface area contributed by atoms with Crippen LogP contribution in [0.2, 0.25) is 0 Å². The summed E-state index contributed by atoms with van der Waals surface area (Å²) < 4.78 is 17.4. The van der Waals surface area contributed by atoms with Crippen LogP contribution in [-0.4, -0.2) is 22.0 Å². The number of hydrogen-bond donors (Lipinski definition) is 0. The van der Waals surface area contributed by atoms with Gasteiger partial charge in [0.1, 0.15) is 18.9 Å². The standard InChI is InChI=1S/C12H17N3O3/c1-9(2)15-6-12(5-13-15)17-7-10-4-11(8-16-3)18-14-10/h4-6,9H,7-8H2,1-3H3. The first-order valence-electron chi connectivity index (χ1n) is 5.79. The molecule has 0 N–H and O–H groups in total. The third-order valence-corrected chi connectivity index (χ3v) is 2.39. The van der Waals surface area contributed by atoms with E-state index >= 15 is 0 Å². The molecule has 18 heavy (non-hydrogen) atoms. The van der Waals surface area contributed by atoms with Crippen LogP contribution in [0.1, 0.15) is 31.3 Å². The van der Waals surface area contributed by atoms with Crippen molar-refractivity contribution in [3.05, 3.63) is 29.9 Å². The Morgan fingerprint density at radius 3 is 2.89 bits per heavy atom. The number of hydrogen-bond acceptors (Lipinski definition) is 5. The number of methoxy groups -OCH3 is 1. The molecule has 0 amide bonds. The van der Waals surface area contributed by atoms with Gasteiger partial charge in [0.15, 0.2) is 11.5 Å². The molecule has 2 aromatic rings. The third kappa shape index (κ3) is 3.10. The van der Waals surface area contributed by atoms with Gasteiger partial charge in [-0.05, 0) is 13.8 Å². The fraction of sp³-hybridized carbons (Fsp3) is 0.500. The summed E-state index contributed by atoms with van der Waals surface area (Å²) in [5, 5.41) is 8.08. The largest absolute Gasteiger partial charge is 0.484 e. The van der Waals surface area contributed by atoms with Crippen molar-refractivity contribution in [1.29, 1.82) is 0 Å². The highest BCUT2D eigenvalue weighted by atomic mass is 16.5. The summed E-state index contributed by atoms with van der Waals surface area (Å²) >= 11 is 0. The van der Waals surface area contributed by atoms with Gasteiger partial charge in [-0.25, -0.2) is 0 Å². The second-order valence-corrected chi connectivity index (χ2v) is 4.26. The Morgan fingerprint density at radius 2 is 2.22 bits per heavy atom. The summed E-state index contributed by atoms with van der Waals surface area (Å²) in [7, 11) is 1.61. The Hall–Kier alpha value is -1.82. The van der Waals surface area contributed by atoms with E-state index in [1.807, 2.05) is 16.9 Å². The van der Waals surface area contributed by atoms with Gasteiger partial charge in [-0.3, -0.25) is 4.68 Å². The van der Waals surface area contributed by atoms with Crippen LogP contribution in [0.25, 0.3) is 0 Å². The third-order valence-electron chi connectivity index (χ3n) is 2.39. The summed E-state index contributed by atoms with van der Waals surface area (Å²) in [6.07, 6.45) is 3.55. The van der Waals surface area contributed by atoms with Crippen LogP contribution in [0, 0.1) is 0 Å². The minimum absolute atomic E-state index is 0.322. The van der Waals surface area contributed by atoms with E-state index < -0.39 is 0 Å².